The Bertz CT molecular complexity index is 355. The van der Waals surface area contributed by atoms with Gasteiger partial charge in [0.05, 0.1) is 4.47 Å². The monoisotopic (exact) mass is 338 g/mol. The molecule has 0 spiro atoms. The SMILES string of the molecule is O=C(CCBr)c1ccc(Br)c(OCF)c1. The van der Waals surface area contributed by atoms with E-state index in [4.69, 9.17) is 4.74 Å². The quantitative estimate of drug-likeness (QED) is 0.603. The molecule has 0 fully saturated rings. The van der Waals surface area contributed by atoms with E-state index in [0.29, 0.717) is 27.5 Å². The first kappa shape index (κ1) is 12.6. The number of rotatable bonds is 5. The number of carbonyl (C=O) groups excluding carboxylic acids is 1. The molecule has 1 aromatic carbocycles. The van der Waals surface area contributed by atoms with Gasteiger partial charge in [0.25, 0.3) is 0 Å². The fraction of sp³-hybridized carbons (Fsp3) is 0.300. The van der Waals surface area contributed by atoms with Gasteiger partial charge in [-0.1, -0.05) is 22.0 Å². The number of Topliss-reactive ketones (excluding diaryl/α,β-unsaturated/α-hetero) is 1. The third-order valence-corrected chi connectivity index (χ3v) is 2.84. The number of hydrogen-bond acceptors (Lipinski definition) is 2. The molecule has 0 atom stereocenters. The van der Waals surface area contributed by atoms with Gasteiger partial charge in [-0.3, -0.25) is 4.79 Å². The van der Waals surface area contributed by atoms with Crippen molar-refractivity contribution in [1.82, 2.24) is 0 Å². The van der Waals surface area contributed by atoms with Crippen LogP contribution in [-0.2, 0) is 0 Å². The molecule has 0 radical (unpaired) electrons. The Hall–Kier alpha value is -0.420. The van der Waals surface area contributed by atoms with Crippen molar-refractivity contribution in [1.29, 1.82) is 0 Å². The van der Waals surface area contributed by atoms with Gasteiger partial charge in [-0.15, -0.1) is 0 Å². The van der Waals surface area contributed by atoms with Gasteiger partial charge < -0.3 is 4.74 Å². The molecule has 1 aromatic rings. The van der Waals surface area contributed by atoms with Crippen LogP contribution in [0, 0.1) is 0 Å². The van der Waals surface area contributed by atoms with Gasteiger partial charge in [0.1, 0.15) is 5.75 Å². The van der Waals surface area contributed by atoms with Crippen LogP contribution in [0.5, 0.6) is 5.75 Å². The van der Waals surface area contributed by atoms with E-state index in [0.717, 1.165) is 0 Å². The first-order valence-corrected chi connectivity index (χ1v) is 6.18. The van der Waals surface area contributed by atoms with E-state index in [-0.39, 0.29) is 5.78 Å². The maximum absolute atomic E-state index is 12.0. The van der Waals surface area contributed by atoms with Gasteiger partial charge in [-0.25, -0.2) is 4.39 Å². The van der Waals surface area contributed by atoms with Crippen LogP contribution < -0.4 is 4.74 Å². The van der Waals surface area contributed by atoms with E-state index in [1.807, 2.05) is 0 Å². The van der Waals surface area contributed by atoms with E-state index in [2.05, 4.69) is 31.9 Å². The summed E-state index contributed by atoms with van der Waals surface area (Å²) in [5, 5.41) is 0.612. The van der Waals surface area contributed by atoms with Gasteiger partial charge in [-0.05, 0) is 28.1 Å². The second kappa shape index (κ2) is 6.23. The van der Waals surface area contributed by atoms with Crippen LogP contribution in [0.15, 0.2) is 22.7 Å². The minimum absolute atomic E-state index is 0.00285. The van der Waals surface area contributed by atoms with Crippen LogP contribution in [0.2, 0.25) is 0 Å². The van der Waals surface area contributed by atoms with E-state index >= 15 is 0 Å². The summed E-state index contributed by atoms with van der Waals surface area (Å²) in [4.78, 5) is 11.5. The molecule has 15 heavy (non-hydrogen) atoms. The van der Waals surface area contributed by atoms with Crippen LogP contribution in [0.25, 0.3) is 0 Å². The Kier molecular flexibility index (Phi) is 5.25. The summed E-state index contributed by atoms with van der Waals surface area (Å²) in [6, 6.07) is 4.89. The number of hydrogen-bond donors (Lipinski definition) is 0. The highest BCUT2D eigenvalue weighted by atomic mass is 79.9. The maximum Gasteiger partial charge on any atom is 0.228 e. The average molecular weight is 340 g/mol. The molecular formula is C10H9Br2FO2. The van der Waals surface area contributed by atoms with Gasteiger partial charge in [0.15, 0.2) is 5.78 Å². The van der Waals surface area contributed by atoms with Crippen molar-refractivity contribution >= 4 is 37.6 Å². The van der Waals surface area contributed by atoms with Crippen molar-refractivity contribution in [2.75, 3.05) is 12.2 Å². The molecule has 1 rings (SSSR count). The number of ether oxygens (including phenoxy) is 1. The smallest absolute Gasteiger partial charge is 0.228 e. The molecule has 5 heteroatoms. The molecule has 2 nitrogen and oxygen atoms in total. The molecule has 0 aromatic heterocycles. The first-order valence-electron chi connectivity index (χ1n) is 4.26. The van der Waals surface area contributed by atoms with E-state index in [1.54, 1.807) is 12.1 Å². The van der Waals surface area contributed by atoms with Gasteiger partial charge in [0, 0.05) is 17.3 Å². The first-order chi connectivity index (χ1) is 7.19. The maximum atomic E-state index is 12.0. The largest absolute Gasteiger partial charge is 0.462 e. The normalized spacial score (nSPS) is 10.1. The zero-order valence-electron chi connectivity index (χ0n) is 7.80. The van der Waals surface area contributed by atoms with Crippen LogP contribution in [0.1, 0.15) is 16.8 Å². The standard InChI is InChI=1S/C10H9Br2FO2/c11-4-3-9(14)7-1-2-8(12)10(5-7)15-6-13/h1-2,5H,3-4,6H2. The minimum atomic E-state index is -0.908. The van der Waals surface area contributed by atoms with Gasteiger partial charge in [-0.2, -0.15) is 0 Å². The Balaban J connectivity index is 2.91. The molecule has 0 amide bonds. The van der Waals surface area contributed by atoms with Crippen molar-refractivity contribution < 1.29 is 13.9 Å². The zero-order chi connectivity index (χ0) is 11.3. The molecule has 0 unspecified atom stereocenters. The molecule has 0 aliphatic carbocycles. The van der Waals surface area contributed by atoms with Crippen molar-refractivity contribution in [3.63, 3.8) is 0 Å². The number of carbonyl (C=O) groups is 1. The third kappa shape index (κ3) is 3.57. The number of benzene rings is 1. The minimum Gasteiger partial charge on any atom is -0.462 e. The molecule has 0 heterocycles. The second-order valence-corrected chi connectivity index (χ2v) is 4.41. The summed E-state index contributed by atoms with van der Waals surface area (Å²) in [7, 11) is 0. The lowest BCUT2D eigenvalue weighted by Crippen LogP contribution is -2.01. The Labute approximate surface area is 104 Å². The van der Waals surface area contributed by atoms with E-state index in [9.17, 15) is 9.18 Å². The topological polar surface area (TPSA) is 26.3 Å². The lowest BCUT2D eigenvalue weighted by Gasteiger charge is -2.06. The highest BCUT2D eigenvalue weighted by molar-refractivity contribution is 9.10. The lowest BCUT2D eigenvalue weighted by molar-refractivity contribution is 0.0989. The van der Waals surface area contributed by atoms with Gasteiger partial charge in [0.2, 0.25) is 6.86 Å². The van der Waals surface area contributed by atoms with Crippen molar-refractivity contribution in [3.05, 3.63) is 28.2 Å². The van der Waals surface area contributed by atoms with Crippen molar-refractivity contribution in [2.45, 2.75) is 6.42 Å². The Morgan fingerprint density at radius 3 is 2.80 bits per heavy atom. The predicted molar refractivity (Wildman–Crippen MR) is 63.5 cm³/mol. The summed E-state index contributed by atoms with van der Waals surface area (Å²) in [5.74, 6) is 0.348. The molecule has 0 bridgehead atoms. The average Bonchev–Trinajstić information content (AvgIpc) is 2.22. The zero-order valence-corrected chi connectivity index (χ0v) is 11.0. The summed E-state index contributed by atoms with van der Waals surface area (Å²) in [5.41, 5.74) is 0.529. The fourth-order valence-electron chi connectivity index (χ4n) is 1.08. The summed E-state index contributed by atoms with van der Waals surface area (Å²) in [6.07, 6.45) is 0.413. The molecule has 82 valence electrons. The third-order valence-electron chi connectivity index (χ3n) is 1.78. The molecule has 0 saturated carbocycles. The number of alkyl halides is 2. The number of halogens is 3. The van der Waals surface area contributed by atoms with Crippen LogP contribution in [0.4, 0.5) is 4.39 Å². The van der Waals surface area contributed by atoms with Crippen LogP contribution in [-0.4, -0.2) is 18.0 Å². The predicted octanol–water partition coefficient (Wildman–Crippen LogP) is 3.72. The molecular weight excluding hydrogens is 331 g/mol. The fourth-order valence-corrected chi connectivity index (χ4v) is 1.80. The summed E-state index contributed by atoms with van der Waals surface area (Å²) in [6.45, 7) is -0.908. The van der Waals surface area contributed by atoms with Crippen LogP contribution >= 0.6 is 31.9 Å². The van der Waals surface area contributed by atoms with Gasteiger partial charge >= 0.3 is 0 Å². The lowest BCUT2D eigenvalue weighted by atomic mass is 10.1. The highest BCUT2D eigenvalue weighted by Crippen LogP contribution is 2.26. The molecule has 0 aliphatic rings. The van der Waals surface area contributed by atoms with Crippen molar-refractivity contribution in [2.24, 2.45) is 0 Å². The molecule has 0 N–H and O–H groups in total. The second-order valence-electron chi connectivity index (χ2n) is 2.76. The highest BCUT2D eigenvalue weighted by Gasteiger charge is 2.08. The number of ketones is 1. The Morgan fingerprint density at radius 2 is 2.20 bits per heavy atom. The van der Waals surface area contributed by atoms with E-state index < -0.39 is 6.86 Å². The summed E-state index contributed by atoms with van der Waals surface area (Å²) < 4.78 is 17.4. The molecule has 0 aliphatic heterocycles. The molecule has 0 saturated heterocycles. The van der Waals surface area contributed by atoms with E-state index in [1.165, 1.54) is 6.07 Å². The summed E-state index contributed by atoms with van der Waals surface area (Å²) >= 11 is 6.40. The van der Waals surface area contributed by atoms with Crippen LogP contribution in [0.3, 0.4) is 0 Å². The van der Waals surface area contributed by atoms with Crippen molar-refractivity contribution in [3.8, 4) is 5.75 Å². The Morgan fingerprint density at radius 1 is 1.47 bits per heavy atom.